The lowest BCUT2D eigenvalue weighted by Crippen LogP contribution is -2.40. The summed E-state index contributed by atoms with van der Waals surface area (Å²) in [5.41, 5.74) is 1.01. The summed E-state index contributed by atoms with van der Waals surface area (Å²) in [6, 6.07) is 5.01. The number of nitrogens with one attached hydrogen (secondary N) is 1. The number of rotatable bonds is 3. The van der Waals surface area contributed by atoms with Gasteiger partial charge in [0.25, 0.3) is 11.8 Å². The van der Waals surface area contributed by atoms with Crippen LogP contribution in [0.1, 0.15) is 30.1 Å². The van der Waals surface area contributed by atoms with Gasteiger partial charge in [-0.3, -0.25) is 14.4 Å². The zero-order valence-corrected chi connectivity index (χ0v) is 13.5. The fourth-order valence-corrected chi connectivity index (χ4v) is 2.98. The first-order valence-electron chi connectivity index (χ1n) is 8.11. The van der Waals surface area contributed by atoms with E-state index in [1.807, 2.05) is 0 Å². The summed E-state index contributed by atoms with van der Waals surface area (Å²) in [5, 5.41) is 2.70. The molecule has 128 valence electrons. The Labute approximate surface area is 139 Å². The highest BCUT2D eigenvalue weighted by atomic mass is 16.5. The highest BCUT2D eigenvalue weighted by Gasteiger charge is 2.29. The number of likely N-dealkylation sites (tertiary alicyclic amines) is 1. The van der Waals surface area contributed by atoms with Crippen molar-refractivity contribution in [3.8, 4) is 5.75 Å². The predicted molar refractivity (Wildman–Crippen MR) is 85.8 cm³/mol. The highest BCUT2D eigenvalue weighted by Crippen LogP contribution is 2.29. The van der Waals surface area contributed by atoms with Crippen LogP contribution in [0.2, 0.25) is 0 Å². The van der Waals surface area contributed by atoms with Gasteiger partial charge in [-0.15, -0.1) is 0 Å². The van der Waals surface area contributed by atoms with Crippen molar-refractivity contribution < 1.29 is 23.9 Å². The Morgan fingerprint density at radius 1 is 1.33 bits per heavy atom. The lowest BCUT2D eigenvalue weighted by atomic mass is 9.96. The minimum Gasteiger partial charge on any atom is -0.482 e. The minimum absolute atomic E-state index is 0.0122. The van der Waals surface area contributed by atoms with E-state index >= 15 is 0 Å². The number of hydrogen-bond donors (Lipinski definition) is 1. The van der Waals surface area contributed by atoms with Gasteiger partial charge in [-0.1, -0.05) is 0 Å². The first-order valence-corrected chi connectivity index (χ1v) is 8.11. The van der Waals surface area contributed by atoms with E-state index in [0.29, 0.717) is 49.5 Å². The molecule has 3 rings (SSSR count). The third-order valence-electron chi connectivity index (χ3n) is 4.26. The number of esters is 1. The summed E-state index contributed by atoms with van der Waals surface area (Å²) in [5.74, 6) is -0.0992. The molecule has 0 saturated carbocycles. The van der Waals surface area contributed by atoms with Gasteiger partial charge in [-0.2, -0.15) is 0 Å². The smallest absolute Gasteiger partial charge is 0.309 e. The number of fused-ring (bicyclic) bond motifs is 1. The molecule has 1 fully saturated rings. The molecule has 0 aliphatic carbocycles. The van der Waals surface area contributed by atoms with Gasteiger partial charge >= 0.3 is 5.97 Å². The van der Waals surface area contributed by atoms with Crippen LogP contribution in [0.4, 0.5) is 5.69 Å². The number of amides is 2. The molecule has 0 radical (unpaired) electrons. The molecule has 1 aromatic carbocycles. The van der Waals surface area contributed by atoms with E-state index in [1.165, 1.54) is 0 Å². The highest BCUT2D eigenvalue weighted by molar-refractivity contribution is 6.00. The Morgan fingerprint density at radius 2 is 2.08 bits per heavy atom. The van der Waals surface area contributed by atoms with E-state index in [2.05, 4.69) is 5.32 Å². The number of piperidine rings is 1. The SMILES string of the molecule is CCOC(=O)C1CCN(C(=O)c2ccc3c(c2)NC(=O)CO3)CC1. The zero-order chi connectivity index (χ0) is 17.1. The van der Waals surface area contributed by atoms with Crippen LogP contribution in [0.5, 0.6) is 5.75 Å². The van der Waals surface area contributed by atoms with Crippen molar-refractivity contribution >= 4 is 23.5 Å². The Morgan fingerprint density at radius 3 is 2.79 bits per heavy atom. The van der Waals surface area contributed by atoms with Crippen molar-refractivity contribution in [3.63, 3.8) is 0 Å². The second-order valence-electron chi connectivity index (χ2n) is 5.87. The second-order valence-corrected chi connectivity index (χ2v) is 5.87. The van der Waals surface area contributed by atoms with Crippen molar-refractivity contribution in [2.45, 2.75) is 19.8 Å². The molecule has 1 N–H and O–H groups in total. The standard InChI is InChI=1S/C17H20N2O5/c1-2-23-17(22)11-5-7-19(8-6-11)16(21)12-3-4-14-13(9-12)18-15(20)10-24-14/h3-4,9,11H,2,5-8,10H2,1H3,(H,18,20). The zero-order valence-electron chi connectivity index (χ0n) is 13.5. The summed E-state index contributed by atoms with van der Waals surface area (Å²) < 4.78 is 10.3. The molecule has 0 aromatic heterocycles. The van der Waals surface area contributed by atoms with Crippen molar-refractivity contribution in [2.24, 2.45) is 5.92 Å². The lowest BCUT2D eigenvalue weighted by Gasteiger charge is -2.31. The molecule has 7 nitrogen and oxygen atoms in total. The summed E-state index contributed by atoms with van der Waals surface area (Å²) in [6.45, 7) is 3.18. The number of nitrogens with zero attached hydrogens (tertiary/aromatic N) is 1. The third kappa shape index (κ3) is 3.34. The number of hydrogen-bond acceptors (Lipinski definition) is 5. The maximum atomic E-state index is 12.6. The van der Waals surface area contributed by atoms with Crippen molar-refractivity contribution in [3.05, 3.63) is 23.8 Å². The van der Waals surface area contributed by atoms with Gasteiger partial charge in [0.1, 0.15) is 5.75 Å². The first-order chi connectivity index (χ1) is 11.6. The molecule has 2 amide bonds. The van der Waals surface area contributed by atoms with Crippen LogP contribution in [-0.4, -0.2) is 49.0 Å². The third-order valence-corrected chi connectivity index (χ3v) is 4.26. The molecular weight excluding hydrogens is 312 g/mol. The van der Waals surface area contributed by atoms with Crippen molar-refractivity contribution in [1.82, 2.24) is 4.90 Å². The number of anilines is 1. The number of carbonyl (C=O) groups is 3. The molecule has 0 atom stereocenters. The number of ether oxygens (including phenoxy) is 2. The molecule has 7 heteroatoms. The van der Waals surface area contributed by atoms with E-state index in [4.69, 9.17) is 9.47 Å². The molecule has 0 spiro atoms. The van der Waals surface area contributed by atoms with Crippen LogP contribution in [0, 0.1) is 5.92 Å². The quantitative estimate of drug-likeness (QED) is 0.847. The monoisotopic (exact) mass is 332 g/mol. The maximum Gasteiger partial charge on any atom is 0.309 e. The summed E-state index contributed by atoms with van der Waals surface area (Å²) >= 11 is 0. The van der Waals surface area contributed by atoms with Gasteiger partial charge in [0, 0.05) is 18.7 Å². The number of carbonyl (C=O) groups excluding carboxylic acids is 3. The van der Waals surface area contributed by atoms with Crippen LogP contribution in [-0.2, 0) is 14.3 Å². The fraction of sp³-hybridized carbons (Fsp3) is 0.471. The van der Waals surface area contributed by atoms with Gasteiger partial charge in [0.15, 0.2) is 6.61 Å². The molecular formula is C17H20N2O5. The molecule has 24 heavy (non-hydrogen) atoms. The van der Waals surface area contributed by atoms with Crippen molar-refractivity contribution in [2.75, 3.05) is 31.6 Å². The van der Waals surface area contributed by atoms with Crippen molar-refractivity contribution in [1.29, 1.82) is 0 Å². The average molecular weight is 332 g/mol. The molecule has 0 unspecified atom stereocenters. The van der Waals surface area contributed by atoms with Crippen LogP contribution >= 0.6 is 0 Å². The molecule has 1 saturated heterocycles. The molecule has 2 aliphatic rings. The van der Waals surface area contributed by atoms with E-state index in [0.717, 1.165) is 0 Å². The van der Waals surface area contributed by atoms with Gasteiger partial charge in [0.2, 0.25) is 0 Å². The van der Waals surface area contributed by atoms with E-state index in [-0.39, 0.29) is 30.3 Å². The molecule has 0 bridgehead atoms. The van der Waals surface area contributed by atoms with Gasteiger partial charge in [-0.25, -0.2) is 0 Å². The summed E-state index contributed by atoms with van der Waals surface area (Å²) in [6.07, 6.45) is 1.21. The fourth-order valence-electron chi connectivity index (χ4n) is 2.98. The van der Waals surface area contributed by atoms with Crippen LogP contribution in [0.25, 0.3) is 0 Å². The Hall–Kier alpha value is -2.57. The van der Waals surface area contributed by atoms with E-state index < -0.39 is 0 Å². The minimum atomic E-state index is -0.234. The van der Waals surface area contributed by atoms with E-state index in [1.54, 1.807) is 30.0 Å². The number of benzene rings is 1. The average Bonchev–Trinajstić information content (AvgIpc) is 2.60. The van der Waals surface area contributed by atoms with E-state index in [9.17, 15) is 14.4 Å². The van der Waals surface area contributed by atoms with Crippen LogP contribution in [0.3, 0.4) is 0 Å². The largest absolute Gasteiger partial charge is 0.482 e. The first kappa shape index (κ1) is 16.3. The van der Waals surface area contributed by atoms with Gasteiger partial charge < -0.3 is 19.7 Å². The van der Waals surface area contributed by atoms with Crippen LogP contribution in [0.15, 0.2) is 18.2 Å². The molecule has 1 aromatic rings. The topological polar surface area (TPSA) is 84.9 Å². The summed E-state index contributed by atoms with van der Waals surface area (Å²) in [7, 11) is 0. The molecule has 2 aliphatic heterocycles. The van der Waals surface area contributed by atoms with Crippen LogP contribution < -0.4 is 10.1 Å². The molecule has 2 heterocycles. The maximum absolute atomic E-state index is 12.6. The Balaban J connectivity index is 1.64. The predicted octanol–water partition coefficient (Wildman–Crippen LogP) is 1.43. The van der Waals surface area contributed by atoms with Gasteiger partial charge in [-0.05, 0) is 38.0 Å². The Kier molecular flexibility index (Phi) is 4.69. The normalized spacial score (nSPS) is 17.5. The second kappa shape index (κ2) is 6.90. The Bertz CT molecular complexity index is 665. The lowest BCUT2D eigenvalue weighted by molar-refractivity contribution is -0.149. The van der Waals surface area contributed by atoms with Gasteiger partial charge in [0.05, 0.1) is 18.2 Å². The summed E-state index contributed by atoms with van der Waals surface area (Å²) in [4.78, 5) is 37.5.